The summed E-state index contributed by atoms with van der Waals surface area (Å²) >= 11 is 0. The van der Waals surface area contributed by atoms with E-state index in [1.165, 1.54) is 0 Å². The fourth-order valence-corrected chi connectivity index (χ4v) is 2.69. The van der Waals surface area contributed by atoms with Crippen LogP contribution in [0.1, 0.15) is 26.7 Å². The van der Waals surface area contributed by atoms with Gasteiger partial charge in [-0.3, -0.25) is 9.59 Å². The molecule has 1 heterocycles. The van der Waals surface area contributed by atoms with E-state index >= 15 is 0 Å². The second-order valence-electron chi connectivity index (χ2n) is 6.11. The van der Waals surface area contributed by atoms with E-state index in [0.29, 0.717) is 50.6 Å². The maximum atomic E-state index is 12.4. The molecule has 0 bridgehead atoms. The summed E-state index contributed by atoms with van der Waals surface area (Å²) in [4.78, 5) is 26.1. The van der Waals surface area contributed by atoms with Crippen molar-refractivity contribution in [1.82, 2.24) is 4.90 Å². The van der Waals surface area contributed by atoms with Crippen molar-refractivity contribution in [3.8, 4) is 5.75 Å². The van der Waals surface area contributed by atoms with Crippen LogP contribution in [0, 0.1) is 0 Å². The van der Waals surface area contributed by atoms with Gasteiger partial charge in [0.15, 0.2) is 6.61 Å². The molecule has 0 unspecified atom stereocenters. The predicted octanol–water partition coefficient (Wildman–Crippen LogP) is 1.38. The highest BCUT2D eigenvalue weighted by Crippen LogP contribution is 2.22. The Morgan fingerprint density at radius 1 is 1.28 bits per heavy atom. The molecule has 1 aromatic carbocycles. The van der Waals surface area contributed by atoms with Crippen LogP contribution >= 0.6 is 0 Å². The molecule has 0 atom stereocenters. The monoisotopic (exact) mass is 349 g/mol. The molecule has 2 rings (SSSR count). The predicted molar refractivity (Wildman–Crippen MR) is 95.5 cm³/mol. The van der Waals surface area contributed by atoms with Gasteiger partial charge in [-0.2, -0.15) is 0 Å². The van der Waals surface area contributed by atoms with Crippen molar-refractivity contribution >= 4 is 17.5 Å². The highest BCUT2D eigenvalue weighted by Gasteiger charge is 2.35. The minimum Gasteiger partial charge on any atom is -0.484 e. The molecule has 1 aliphatic heterocycles. The van der Waals surface area contributed by atoms with E-state index in [0.717, 1.165) is 0 Å². The van der Waals surface area contributed by atoms with Crippen LogP contribution < -0.4 is 15.8 Å². The first-order chi connectivity index (χ1) is 12.0. The van der Waals surface area contributed by atoms with Crippen molar-refractivity contribution in [1.29, 1.82) is 0 Å². The van der Waals surface area contributed by atoms with Crippen LogP contribution in [-0.4, -0.2) is 55.2 Å². The van der Waals surface area contributed by atoms with Gasteiger partial charge >= 0.3 is 0 Å². The van der Waals surface area contributed by atoms with Gasteiger partial charge < -0.3 is 25.4 Å². The Morgan fingerprint density at radius 2 is 1.96 bits per heavy atom. The van der Waals surface area contributed by atoms with Crippen molar-refractivity contribution in [3.63, 3.8) is 0 Å². The first-order valence-electron chi connectivity index (χ1n) is 8.67. The summed E-state index contributed by atoms with van der Waals surface area (Å²) in [6.45, 7) is 6.10. The number of hydrogen-bond acceptors (Lipinski definition) is 5. The fourth-order valence-electron chi connectivity index (χ4n) is 2.69. The van der Waals surface area contributed by atoms with Gasteiger partial charge in [-0.1, -0.05) is 6.07 Å². The van der Waals surface area contributed by atoms with Crippen molar-refractivity contribution in [2.75, 3.05) is 38.2 Å². The molecule has 3 N–H and O–H groups in total. The van der Waals surface area contributed by atoms with Gasteiger partial charge in [0.1, 0.15) is 11.3 Å². The van der Waals surface area contributed by atoms with Gasteiger partial charge in [-0.25, -0.2) is 0 Å². The van der Waals surface area contributed by atoms with Crippen molar-refractivity contribution < 1.29 is 19.1 Å². The largest absolute Gasteiger partial charge is 0.484 e. The topological polar surface area (TPSA) is 93.9 Å². The van der Waals surface area contributed by atoms with E-state index in [1.54, 1.807) is 29.2 Å². The Morgan fingerprint density at radius 3 is 2.60 bits per heavy atom. The Kier molecular flexibility index (Phi) is 6.78. The van der Waals surface area contributed by atoms with Gasteiger partial charge in [0, 0.05) is 38.1 Å². The Bertz CT molecular complexity index is 596. The van der Waals surface area contributed by atoms with E-state index in [2.05, 4.69) is 5.32 Å². The van der Waals surface area contributed by atoms with Gasteiger partial charge in [0.2, 0.25) is 5.91 Å². The van der Waals surface area contributed by atoms with Gasteiger partial charge in [-0.05, 0) is 38.8 Å². The zero-order chi connectivity index (χ0) is 18.3. The van der Waals surface area contributed by atoms with Gasteiger partial charge in [0.05, 0.1) is 0 Å². The minimum atomic E-state index is -0.909. The van der Waals surface area contributed by atoms with Crippen LogP contribution in [0.3, 0.4) is 0 Å². The van der Waals surface area contributed by atoms with Crippen molar-refractivity contribution in [2.24, 2.45) is 5.73 Å². The summed E-state index contributed by atoms with van der Waals surface area (Å²) in [5.41, 5.74) is 5.86. The number of benzene rings is 1. The molecule has 7 heteroatoms. The Labute approximate surface area is 148 Å². The van der Waals surface area contributed by atoms with Crippen LogP contribution in [0.25, 0.3) is 0 Å². The average molecular weight is 349 g/mol. The Hall–Kier alpha value is -2.12. The summed E-state index contributed by atoms with van der Waals surface area (Å²) in [6, 6.07) is 6.97. The SMILES string of the molecule is CCN(CC)C(=O)COc1cccc(NC(=O)C2(N)CCOCC2)c1. The third kappa shape index (κ3) is 5.17. The molecule has 0 spiro atoms. The standard InChI is InChI=1S/C18H27N3O4/c1-3-21(4-2)16(22)13-25-15-7-5-6-14(12-15)20-17(23)18(19)8-10-24-11-9-18/h5-7,12H,3-4,8-11,13,19H2,1-2H3,(H,20,23). The van der Waals surface area contributed by atoms with Gasteiger partial charge in [-0.15, -0.1) is 0 Å². The molecule has 2 amide bonds. The highest BCUT2D eigenvalue weighted by molar-refractivity contribution is 5.98. The molecule has 0 radical (unpaired) electrons. The molecule has 0 saturated carbocycles. The third-order valence-corrected chi connectivity index (χ3v) is 4.41. The number of anilines is 1. The smallest absolute Gasteiger partial charge is 0.260 e. The van der Waals surface area contributed by atoms with Gasteiger partial charge in [0.25, 0.3) is 5.91 Å². The van der Waals surface area contributed by atoms with E-state index < -0.39 is 5.54 Å². The van der Waals surface area contributed by atoms with Crippen LogP contribution in [0.15, 0.2) is 24.3 Å². The van der Waals surface area contributed by atoms with Crippen LogP contribution in [0.5, 0.6) is 5.75 Å². The number of likely N-dealkylation sites (N-methyl/N-ethyl adjacent to an activating group) is 1. The van der Waals surface area contributed by atoms with E-state index in [-0.39, 0.29) is 18.4 Å². The molecular weight excluding hydrogens is 322 g/mol. The number of carbonyl (C=O) groups excluding carboxylic acids is 2. The lowest BCUT2D eigenvalue weighted by molar-refractivity contribution is -0.133. The summed E-state index contributed by atoms with van der Waals surface area (Å²) in [6.07, 6.45) is 0.987. The van der Waals surface area contributed by atoms with Crippen LogP contribution in [-0.2, 0) is 14.3 Å². The second kappa shape index (κ2) is 8.82. The summed E-state index contributed by atoms with van der Waals surface area (Å²) in [5, 5.41) is 2.83. The molecule has 1 aliphatic rings. The number of ether oxygens (including phenoxy) is 2. The number of nitrogens with one attached hydrogen (secondary N) is 1. The number of amides is 2. The summed E-state index contributed by atoms with van der Waals surface area (Å²) in [7, 11) is 0. The average Bonchev–Trinajstić information content (AvgIpc) is 2.62. The fraction of sp³-hybridized carbons (Fsp3) is 0.556. The first-order valence-corrected chi connectivity index (χ1v) is 8.67. The molecule has 1 fully saturated rings. The first kappa shape index (κ1) is 19.2. The van der Waals surface area contributed by atoms with E-state index in [4.69, 9.17) is 15.2 Å². The van der Waals surface area contributed by atoms with E-state index in [1.807, 2.05) is 13.8 Å². The van der Waals surface area contributed by atoms with E-state index in [9.17, 15) is 9.59 Å². The molecule has 7 nitrogen and oxygen atoms in total. The lowest BCUT2D eigenvalue weighted by Crippen LogP contribution is -2.54. The maximum absolute atomic E-state index is 12.4. The highest BCUT2D eigenvalue weighted by atomic mass is 16.5. The summed E-state index contributed by atoms with van der Waals surface area (Å²) in [5.74, 6) is 0.228. The Balaban J connectivity index is 1.94. The molecular formula is C18H27N3O4. The van der Waals surface area contributed by atoms with Crippen LogP contribution in [0.4, 0.5) is 5.69 Å². The number of nitrogens with two attached hydrogens (primary N) is 1. The number of nitrogens with zero attached hydrogens (tertiary/aromatic N) is 1. The number of carbonyl (C=O) groups is 2. The zero-order valence-electron chi connectivity index (χ0n) is 14.9. The molecule has 1 saturated heterocycles. The van der Waals surface area contributed by atoms with Crippen molar-refractivity contribution in [3.05, 3.63) is 24.3 Å². The summed E-state index contributed by atoms with van der Waals surface area (Å²) < 4.78 is 10.8. The normalized spacial score (nSPS) is 16.1. The molecule has 0 aliphatic carbocycles. The molecule has 25 heavy (non-hydrogen) atoms. The van der Waals surface area contributed by atoms with Crippen molar-refractivity contribution in [2.45, 2.75) is 32.2 Å². The second-order valence-corrected chi connectivity index (χ2v) is 6.11. The molecule has 0 aromatic heterocycles. The minimum absolute atomic E-state index is 0.0305. The molecule has 1 aromatic rings. The quantitative estimate of drug-likeness (QED) is 0.776. The zero-order valence-corrected chi connectivity index (χ0v) is 14.9. The number of hydrogen-bond donors (Lipinski definition) is 2. The third-order valence-electron chi connectivity index (χ3n) is 4.41. The number of rotatable bonds is 7. The lowest BCUT2D eigenvalue weighted by atomic mass is 9.90. The maximum Gasteiger partial charge on any atom is 0.260 e. The molecule has 138 valence electrons. The van der Waals surface area contributed by atoms with Crippen LogP contribution in [0.2, 0.25) is 0 Å². The lowest BCUT2D eigenvalue weighted by Gasteiger charge is -2.31.